The normalized spacial score (nSPS) is 16.6. The first kappa shape index (κ1) is 18.4. The number of nitriles is 1. The summed E-state index contributed by atoms with van der Waals surface area (Å²) in [5.74, 6) is -0.443. The minimum absolute atomic E-state index is 0.0593. The number of hydrogen-bond acceptors (Lipinski definition) is 7. The molecule has 0 radical (unpaired) electrons. The van der Waals surface area contributed by atoms with Gasteiger partial charge in [-0.25, -0.2) is 0 Å². The standard InChI is InChI=1S/C17H17N5O2S2/c1-10-3-4-13(7-11(10)2)22-9-12(8-14(22)23)15(24)19-16-20-21-17(26-16)25-6-5-18/h3-4,7,12H,6,8-9H2,1-2H3,(H,19,20,24)/t12-/m1/s1. The average molecular weight is 387 g/mol. The summed E-state index contributed by atoms with van der Waals surface area (Å²) in [5.41, 5.74) is 3.09. The number of thioether (sulfide) groups is 1. The fourth-order valence-electron chi connectivity index (χ4n) is 2.65. The predicted molar refractivity (Wildman–Crippen MR) is 101 cm³/mol. The zero-order valence-electron chi connectivity index (χ0n) is 14.4. The highest BCUT2D eigenvalue weighted by molar-refractivity contribution is 8.01. The molecule has 1 aromatic carbocycles. The molecule has 1 atom stereocenters. The van der Waals surface area contributed by atoms with Crippen molar-refractivity contribution in [1.82, 2.24) is 10.2 Å². The predicted octanol–water partition coefficient (Wildman–Crippen LogP) is 2.76. The molecule has 26 heavy (non-hydrogen) atoms. The molecule has 0 saturated carbocycles. The second-order valence-electron chi connectivity index (χ2n) is 5.98. The van der Waals surface area contributed by atoms with Crippen molar-refractivity contribution in [3.8, 4) is 6.07 Å². The van der Waals surface area contributed by atoms with Gasteiger partial charge in [-0.1, -0.05) is 29.2 Å². The van der Waals surface area contributed by atoms with Crippen LogP contribution < -0.4 is 10.2 Å². The molecule has 1 fully saturated rings. The Kier molecular flexibility index (Phi) is 5.54. The van der Waals surface area contributed by atoms with E-state index in [1.54, 1.807) is 4.90 Å². The lowest BCUT2D eigenvalue weighted by Crippen LogP contribution is -2.28. The molecule has 0 unspecified atom stereocenters. The molecule has 1 saturated heterocycles. The summed E-state index contributed by atoms with van der Waals surface area (Å²) in [6.45, 7) is 4.37. The van der Waals surface area contributed by atoms with Gasteiger partial charge in [0.05, 0.1) is 17.7 Å². The van der Waals surface area contributed by atoms with Crippen LogP contribution >= 0.6 is 23.1 Å². The Balaban J connectivity index is 1.64. The van der Waals surface area contributed by atoms with E-state index < -0.39 is 5.92 Å². The third-order valence-electron chi connectivity index (χ3n) is 4.19. The molecule has 1 aliphatic heterocycles. The van der Waals surface area contributed by atoms with Crippen LogP contribution in [0.25, 0.3) is 0 Å². The van der Waals surface area contributed by atoms with Gasteiger partial charge in [0.25, 0.3) is 0 Å². The second-order valence-corrected chi connectivity index (χ2v) is 8.18. The van der Waals surface area contributed by atoms with E-state index in [1.165, 1.54) is 23.1 Å². The SMILES string of the molecule is Cc1ccc(N2C[C@H](C(=O)Nc3nnc(SCC#N)s3)CC2=O)cc1C. The molecule has 0 aliphatic carbocycles. The number of rotatable bonds is 5. The van der Waals surface area contributed by atoms with E-state index in [1.807, 2.05) is 38.1 Å². The van der Waals surface area contributed by atoms with Gasteiger partial charge in [0.2, 0.25) is 16.9 Å². The zero-order chi connectivity index (χ0) is 18.7. The number of amides is 2. The lowest BCUT2D eigenvalue weighted by molar-refractivity contribution is -0.122. The van der Waals surface area contributed by atoms with Gasteiger partial charge in [-0.05, 0) is 37.1 Å². The fourth-order valence-corrected chi connectivity index (χ4v) is 4.06. The third-order valence-corrected chi connectivity index (χ3v) is 6.03. The average Bonchev–Trinajstić information content (AvgIpc) is 3.22. The van der Waals surface area contributed by atoms with Crippen LogP contribution in [0, 0.1) is 31.1 Å². The van der Waals surface area contributed by atoms with Crippen LogP contribution in [-0.4, -0.2) is 34.3 Å². The summed E-state index contributed by atoms with van der Waals surface area (Å²) in [6, 6.07) is 7.87. The maximum absolute atomic E-state index is 12.5. The molecule has 7 nitrogen and oxygen atoms in total. The molecule has 134 valence electrons. The quantitative estimate of drug-likeness (QED) is 0.626. The Labute approximate surface area is 159 Å². The van der Waals surface area contributed by atoms with Gasteiger partial charge >= 0.3 is 0 Å². The Morgan fingerprint density at radius 2 is 2.23 bits per heavy atom. The van der Waals surface area contributed by atoms with Crippen LogP contribution in [-0.2, 0) is 9.59 Å². The maximum atomic E-state index is 12.5. The molecule has 1 aromatic heterocycles. The third kappa shape index (κ3) is 4.03. The van der Waals surface area contributed by atoms with Crippen molar-refractivity contribution in [2.45, 2.75) is 24.6 Å². The summed E-state index contributed by atoms with van der Waals surface area (Å²) in [6.07, 6.45) is 0.174. The molecule has 1 N–H and O–H groups in total. The van der Waals surface area contributed by atoms with Gasteiger partial charge in [-0.2, -0.15) is 5.26 Å². The maximum Gasteiger partial charge on any atom is 0.231 e. The van der Waals surface area contributed by atoms with E-state index in [9.17, 15) is 9.59 Å². The lowest BCUT2D eigenvalue weighted by Gasteiger charge is -2.17. The van der Waals surface area contributed by atoms with Gasteiger partial charge in [0.15, 0.2) is 4.34 Å². The Bertz CT molecular complexity index is 890. The number of nitrogens with zero attached hydrogens (tertiary/aromatic N) is 4. The minimum Gasteiger partial charge on any atom is -0.312 e. The van der Waals surface area contributed by atoms with E-state index in [0.717, 1.165) is 16.8 Å². The Morgan fingerprint density at radius 1 is 1.42 bits per heavy atom. The molecule has 0 bridgehead atoms. The number of anilines is 2. The number of carbonyl (C=O) groups excluding carboxylic acids is 2. The minimum atomic E-state index is -0.428. The van der Waals surface area contributed by atoms with E-state index in [4.69, 9.17) is 5.26 Å². The summed E-state index contributed by atoms with van der Waals surface area (Å²) < 4.78 is 0.626. The van der Waals surface area contributed by atoms with Crippen molar-refractivity contribution < 1.29 is 9.59 Å². The van der Waals surface area contributed by atoms with Gasteiger partial charge in [-0.15, -0.1) is 10.2 Å². The second kappa shape index (κ2) is 7.85. The van der Waals surface area contributed by atoms with Crippen molar-refractivity contribution >= 4 is 45.7 Å². The van der Waals surface area contributed by atoms with Crippen LogP contribution in [0.3, 0.4) is 0 Å². The Morgan fingerprint density at radius 3 is 2.96 bits per heavy atom. The number of aryl methyl sites for hydroxylation is 2. The lowest BCUT2D eigenvalue weighted by atomic mass is 10.1. The highest BCUT2D eigenvalue weighted by Crippen LogP contribution is 2.29. The van der Waals surface area contributed by atoms with E-state index in [2.05, 4.69) is 15.5 Å². The van der Waals surface area contributed by atoms with E-state index in [-0.39, 0.29) is 24.0 Å². The molecule has 0 spiro atoms. The smallest absolute Gasteiger partial charge is 0.231 e. The molecule has 2 heterocycles. The van der Waals surface area contributed by atoms with Gasteiger partial charge in [0.1, 0.15) is 0 Å². The molecule has 3 rings (SSSR count). The van der Waals surface area contributed by atoms with Crippen LogP contribution in [0.2, 0.25) is 0 Å². The summed E-state index contributed by atoms with van der Waals surface area (Å²) in [4.78, 5) is 26.5. The summed E-state index contributed by atoms with van der Waals surface area (Å²) in [7, 11) is 0. The van der Waals surface area contributed by atoms with Crippen LogP contribution in [0.15, 0.2) is 22.5 Å². The number of carbonyl (C=O) groups is 2. The first-order chi connectivity index (χ1) is 12.5. The van der Waals surface area contributed by atoms with E-state index in [0.29, 0.717) is 16.0 Å². The molecular formula is C17H17N5O2S2. The van der Waals surface area contributed by atoms with Gasteiger partial charge in [0, 0.05) is 18.7 Å². The van der Waals surface area contributed by atoms with Crippen LogP contribution in [0.1, 0.15) is 17.5 Å². The van der Waals surface area contributed by atoms with Crippen LogP contribution in [0.4, 0.5) is 10.8 Å². The van der Waals surface area contributed by atoms with Gasteiger partial charge in [-0.3, -0.25) is 9.59 Å². The first-order valence-electron chi connectivity index (χ1n) is 7.99. The van der Waals surface area contributed by atoms with Crippen molar-refractivity contribution in [3.05, 3.63) is 29.3 Å². The van der Waals surface area contributed by atoms with E-state index >= 15 is 0 Å². The molecule has 2 amide bonds. The monoisotopic (exact) mass is 387 g/mol. The highest BCUT2D eigenvalue weighted by atomic mass is 32.2. The van der Waals surface area contributed by atoms with Crippen molar-refractivity contribution in [2.24, 2.45) is 5.92 Å². The van der Waals surface area contributed by atoms with Gasteiger partial charge < -0.3 is 10.2 Å². The number of aromatic nitrogens is 2. The topological polar surface area (TPSA) is 99.0 Å². The zero-order valence-corrected chi connectivity index (χ0v) is 16.0. The Hall–Kier alpha value is -2.44. The largest absolute Gasteiger partial charge is 0.312 e. The number of nitrogens with one attached hydrogen (secondary N) is 1. The molecular weight excluding hydrogens is 370 g/mol. The number of benzene rings is 1. The molecule has 2 aromatic rings. The highest BCUT2D eigenvalue weighted by Gasteiger charge is 2.35. The number of hydrogen-bond donors (Lipinski definition) is 1. The summed E-state index contributed by atoms with van der Waals surface area (Å²) >= 11 is 2.49. The molecule has 1 aliphatic rings. The van der Waals surface area contributed by atoms with Crippen molar-refractivity contribution in [1.29, 1.82) is 5.26 Å². The van der Waals surface area contributed by atoms with Crippen LogP contribution in [0.5, 0.6) is 0 Å². The first-order valence-corrected chi connectivity index (χ1v) is 9.80. The van der Waals surface area contributed by atoms with Crippen molar-refractivity contribution in [2.75, 3.05) is 22.5 Å². The van der Waals surface area contributed by atoms with Crippen molar-refractivity contribution in [3.63, 3.8) is 0 Å². The fraction of sp³-hybridized carbons (Fsp3) is 0.353. The summed E-state index contributed by atoms with van der Waals surface area (Å²) in [5, 5.41) is 19.5. The molecule has 9 heteroatoms.